The van der Waals surface area contributed by atoms with E-state index in [1.807, 2.05) is 18.2 Å². The van der Waals surface area contributed by atoms with Crippen LogP contribution < -0.4 is 10.2 Å². The zero-order valence-corrected chi connectivity index (χ0v) is 18.2. The van der Waals surface area contributed by atoms with Gasteiger partial charge in [0.25, 0.3) is 0 Å². The molecule has 1 N–H and O–H groups in total. The van der Waals surface area contributed by atoms with E-state index in [9.17, 15) is 4.79 Å². The molecule has 1 amide bonds. The van der Waals surface area contributed by atoms with E-state index in [0.717, 1.165) is 81.2 Å². The highest BCUT2D eigenvalue weighted by atomic mass is 16.1. The molecule has 0 radical (unpaired) electrons. The van der Waals surface area contributed by atoms with Gasteiger partial charge in [0.05, 0.1) is 17.0 Å². The third kappa shape index (κ3) is 4.22. The van der Waals surface area contributed by atoms with Crippen LogP contribution in [0.15, 0.2) is 36.7 Å². The van der Waals surface area contributed by atoms with Crippen molar-refractivity contribution in [3.05, 3.63) is 36.7 Å². The van der Waals surface area contributed by atoms with Gasteiger partial charge in [0.15, 0.2) is 11.5 Å². The fraction of sp³-hybridized carbons (Fsp3) is 0.522. The predicted octanol–water partition coefficient (Wildman–Crippen LogP) is 1.46. The molecule has 2 aliphatic rings. The lowest BCUT2D eigenvalue weighted by atomic mass is 9.97. The molecule has 0 spiro atoms. The first-order chi connectivity index (χ1) is 15.2. The van der Waals surface area contributed by atoms with Crippen molar-refractivity contribution in [2.75, 3.05) is 64.3 Å². The molecule has 2 saturated heterocycles. The fourth-order valence-electron chi connectivity index (χ4n) is 4.76. The summed E-state index contributed by atoms with van der Waals surface area (Å²) in [6.07, 6.45) is 5.75. The molecule has 2 fully saturated rings. The number of nitrogens with zero attached hydrogens (tertiary/aromatic N) is 6. The van der Waals surface area contributed by atoms with Gasteiger partial charge in [-0.3, -0.25) is 9.69 Å². The van der Waals surface area contributed by atoms with Gasteiger partial charge in [0, 0.05) is 64.8 Å². The van der Waals surface area contributed by atoms with Gasteiger partial charge < -0.3 is 19.5 Å². The lowest BCUT2D eigenvalue weighted by molar-refractivity contribution is -0.125. The molecule has 1 unspecified atom stereocenters. The first kappa shape index (κ1) is 20.2. The molecule has 3 aromatic rings. The van der Waals surface area contributed by atoms with E-state index in [2.05, 4.69) is 48.7 Å². The summed E-state index contributed by atoms with van der Waals surface area (Å²) in [6.45, 7) is 7.64. The SMILES string of the molecule is CN1CCN(CCNC(=O)C2CCCN(c3nc4ncccc4n4cccc34)C2)CC1. The van der Waals surface area contributed by atoms with Crippen LogP contribution >= 0.6 is 0 Å². The van der Waals surface area contributed by atoms with Gasteiger partial charge in [-0.25, -0.2) is 9.97 Å². The molecule has 8 nitrogen and oxygen atoms in total. The first-order valence-electron chi connectivity index (χ1n) is 11.3. The zero-order valence-electron chi connectivity index (χ0n) is 18.2. The Bertz CT molecular complexity index is 1060. The Morgan fingerprint density at radius 2 is 1.97 bits per heavy atom. The number of carbonyl (C=O) groups excluding carboxylic acids is 1. The summed E-state index contributed by atoms with van der Waals surface area (Å²) in [4.78, 5) is 29.3. The molecule has 5 heterocycles. The number of piperazine rings is 1. The summed E-state index contributed by atoms with van der Waals surface area (Å²) in [5, 5.41) is 3.19. The van der Waals surface area contributed by atoms with E-state index in [4.69, 9.17) is 4.98 Å². The number of hydrogen-bond acceptors (Lipinski definition) is 6. The van der Waals surface area contributed by atoms with Crippen molar-refractivity contribution in [2.24, 2.45) is 5.92 Å². The quantitative estimate of drug-likeness (QED) is 0.673. The Hall–Kier alpha value is -2.71. The molecule has 3 aromatic heterocycles. The van der Waals surface area contributed by atoms with E-state index in [1.165, 1.54) is 0 Å². The zero-order chi connectivity index (χ0) is 21.2. The Morgan fingerprint density at radius 1 is 1.13 bits per heavy atom. The maximum absolute atomic E-state index is 12.9. The normalized spacial score (nSPS) is 21.1. The number of carbonyl (C=O) groups is 1. The number of aromatic nitrogens is 3. The molecule has 31 heavy (non-hydrogen) atoms. The van der Waals surface area contributed by atoms with Gasteiger partial charge in [0.1, 0.15) is 0 Å². The minimum atomic E-state index is -0.00233. The minimum absolute atomic E-state index is 0.00233. The largest absolute Gasteiger partial charge is 0.355 e. The second-order valence-corrected chi connectivity index (χ2v) is 8.77. The van der Waals surface area contributed by atoms with E-state index in [1.54, 1.807) is 6.20 Å². The number of piperidine rings is 1. The molecule has 0 aromatic carbocycles. The maximum atomic E-state index is 12.9. The second-order valence-electron chi connectivity index (χ2n) is 8.77. The van der Waals surface area contributed by atoms with Crippen LogP contribution in [0.2, 0.25) is 0 Å². The van der Waals surface area contributed by atoms with Crippen molar-refractivity contribution in [3.8, 4) is 0 Å². The minimum Gasteiger partial charge on any atom is -0.355 e. The number of fused-ring (bicyclic) bond motifs is 3. The number of anilines is 1. The fourth-order valence-corrected chi connectivity index (χ4v) is 4.76. The van der Waals surface area contributed by atoms with Gasteiger partial charge in [-0.2, -0.15) is 0 Å². The van der Waals surface area contributed by atoms with E-state index in [-0.39, 0.29) is 11.8 Å². The maximum Gasteiger partial charge on any atom is 0.224 e. The molecule has 1 atom stereocenters. The lowest BCUT2D eigenvalue weighted by Gasteiger charge is -2.34. The highest BCUT2D eigenvalue weighted by Crippen LogP contribution is 2.28. The summed E-state index contributed by atoms with van der Waals surface area (Å²) in [7, 11) is 2.16. The van der Waals surface area contributed by atoms with Crippen molar-refractivity contribution in [2.45, 2.75) is 12.8 Å². The third-order valence-electron chi connectivity index (χ3n) is 6.63. The van der Waals surface area contributed by atoms with E-state index in [0.29, 0.717) is 6.54 Å². The Balaban J connectivity index is 1.25. The standard InChI is InChI=1S/C23H31N7O/c1-27-13-15-28(16-14-27)12-9-25-23(31)18-5-3-10-29(17-18)22-20-7-4-11-30(20)19-6-2-8-24-21(19)26-22/h2,4,6-8,11,18H,3,5,9-10,12-17H2,1H3,(H,25,31). The summed E-state index contributed by atoms with van der Waals surface area (Å²) in [6, 6.07) is 8.11. The van der Waals surface area contributed by atoms with Crippen molar-refractivity contribution >= 4 is 28.4 Å². The second kappa shape index (κ2) is 8.80. The van der Waals surface area contributed by atoms with Crippen molar-refractivity contribution in [1.29, 1.82) is 0 Å². The van der Waals surface area contributed by atoms with Crippen LogP contribution in [0.25, 0.3) is 16.7 Å². The molecule has 0 aliphatic carbocycles. The number of likely N-dealkylation sites (N-methyl/N-ethyl adjacent to an activating group) is 1. The molecule has 8 heteroatoms. The van der Waals surface area contributed by atoms with Gasteiger partial charge in [-0.15, -0.1) is 0 Å². The number of rotatable bonds is 5. The van der Waals surface area contributed by atoms with Crippen LogP contribution in [0.5, 0.6) is 0 Å². The Kier molecular flexibility index (Phi) is 5.74. The topological polar surface area (TPSA) is 69.0 Å². The highest BCUT2D eigenvalue weighted by molar-refractivity contribution is 5.84. The molecular formula is C23H31N7O. The van der Waals surface area contributed by atoms with Crippen LogP contribution in [0.3, 0.4) is 0 Å². The van der Waals surface area contributed by atoms with Crippen LogP contribution in [0.4, 0.5) is 5.82 Å². The molecule has 0 saturated carbocycles. The molecule has 5 rings (SSSR count). The average molecular weight is 422 g/mol. The van der Waals surface area contributed by atoms with Crippen molar-refractivity contribution < 1.29 is 4.79 Å². The van der Waals surface area contributed by atoms with Crippen molar-refractivity contribution in [1.82, 2.24) is 29.5 Å². The lowest BCUT2D eigenvalue weighted by Crippen LogP contribution is -2.48. The monoisotopic (exact) mass is 421 g/mol. The smallest absolute Gasteiger partial charge is 0.224 e. The highest BCUT2D eigenvalue weighted by Gasteiger charge is 2.28. The van der Waals surface area contributed by atoms with Crippen LogP contribution in [-0.4, -0.2) is 89.5 Å². The van der Waals surface area contributed by atoms with Gasteiger partial charge in [-0.05, 0) is 44.2 Å². The van der Waals surface area contributed by atoms with E-state index < -0.39 is 0 Å². The molecule has 164 valence electrons. The summed E-state index contributed by atoms with van der Waals surface area (Å²) in [5.74, 6) is 1.09. The van der Waals surface area contributed by atoms with Gasteiger partial charge >= 0.3 is 0 Å². The van der Waals surface area contributed by atoms with Crippen LogP contribution in [0.1, 0.15) is 12.8 Å². The van der Waals surface area contributed by atoms with E-state index >= 15 is 0 Å². The summed E-state index contributed by atoms with van der Waals surface area (Å²) >= 11 is 0. The van der Waals surface area contributed by atoms with Crippen molar-refractivity contribution in [3.63, 3.8) is 0 Å². The third-order valence-corrected chi connectivity index (χ3v) is 6.63. The number of pyridine rings is 1. The number of amides is 1. The average Bonchev–Trinajstić information content (AvgIpc) is 3.30. The number of nitrogens with one attached hydrogen (secondary N) is 1. The predicted molar refractivity (Wildman–Crippen MR) is 122 cm³/mol. The van der Waals surface area contributed by atoms with Crippen LogP contribution in [0, 0.1) is 5.92 Å². The molecular weight excluding hydrogens is 390 g/mol. The Morgan fingerprint density at radius 3 is 2.84 bits per heavy atom. The molecule has 2 aliphatic heterocycles. The van der Waals surface area contributed by atoms with Gasteiger partial charge in [0.2, 0.25) is 5.91 Å². The van der Waals surface area contributed by atoms with Gasteiger partial charge in [-0.1, -0.05) is 0 Å². The first-order valence-corrected chi connectivity index (χ1v) is 11.3. The number of hydrogen-bond donors (Lipinski definition) is 1. The Labute approximate surface area is 182 Å². The summed E-state index contributed by atoms with van der Waals surface area (Å²) in [5.41, 5.74) is 2.80. The van der Waals surface area contributed by atoms with Crippen LogP contribution in [-0.2, 0) is 4.79 Å². The molecule has 0 bridgehead atoms. The summed E-state index contributed by atoms with van der Waals surface area (Å²) < 4.78 is 2.14.